The third-order valence-corrected chi connectivity index (χ3v) is 5.54. The molecule has 6 heteroatoms. The van der Waals surface area contributed by atoms with E-state index in [2.05, 4.69) is 10.6 Å². The van der Waals surface area contributed by atoms with Gasteiger partial charge in [0.2, 0.25) is 0 Å². The highest BCUT2D eigenvalue weighted by molar-refractivity contribution is 5.95. The van der Waals surface area contributed by atoms with Crippen molar-refractivity contribution >= 4 is 23.5 Å². The zero-order valence-electron chi connectivity index (χ0n) is 19.5. The number of carbonyl (C=O) groups is 3. The number of hydrogen-bond acceptors (Lipinski definition) is 4. The second kappa shape index (κ2) is 12.3. The van der Waals surface area contributed by atoms with Crippen LogP contribution in [0.25, 0.3) is 0 Å². The van der Waals surface area contributed by atoms with Crippen LogP contribution in [0, 0.1) is 0 Å². The lowest BCUT2D eigenvalue weighted by molar-refractivity contribution is -0.147. The number of ether oxygens (including phenoxy) is 1. The molecular weight excluding hydrogens is 428 g/mol. The lowest BCUT2D eigenvalue weighted by atomic mass is 10.0. The summed E-state index contributed by atoms with van der Waals surface area (Å²) in [5, 5.41) is 5.79. The Bertz CT molecular complexity index is 1090. The summed E-state index contributed by atoms with van der Waals surface area (Å²) in [5.41, 5.74) is 4.12. The molecule has 1 atom stereocenters. The van der Waals surface area contributed by atoms with Crippen molar-refractivity contribution in [3.63, 3.8) is 0 Å². The summed E-state index contributed by atoms with van der Waals surface area (Å²) in [4.78, 5) is 37.8. The first-order valence-electron chi connectivity index (χ1n) is 11.5. The van der Waals surface area contributed by atoms with Crippen molar-refractivity contribution in [2.24, 2.45) is 0 Å². The predicted octanol–water partition coefficient (Wildman–Crippen LogP) is 4.85. The minimum Gasteiger partial charge on any atom is -0.455 e. The average Bonchev–Trinajstić information content (AvgIpc) is 2.88. The molecule has 176 valence electrons. The first-order chi connectivity index (χ1) is 16.5. The van der Waals surface area contributed by atoms with E-state index in [1.165, 1.54) is 0 Å². The zero-order valence-corrected chi connectivity index (χ0v) is 19.5. The SMILES string of the molecule is CCc1cccc(CC)c1NC(=O)COC(=O)CC(NC(=O)c1ccccc1)c1ccccc1. The zero-order chi connectivity index (χ0) is 24.3. The largest absolute Gasteiger partial charge is 0.455 e. The van der Waals surface area contributed by atoms with Crippen LogP contribution in [0.2, 0.25) is 0 Å². The predicted molar refractivity (Wildman–Crippen MR) is 132 cm³/mol. The normalized spacial score (nSPS) is 11.4. The average molecular weight is 459 g/mol. The third kappa shape index (κ3) is 6.78. The van der Waals surface area contributed by atoms with Crippen molar-refractivity contribution in [2.75, 3.05) is 11.9 Å². The Labute approximate surface area is 200 Å². The van der Waals surface area contributed by atoms with Gasteiger partial charge in [-0.1, -0.05) is 80.6 Å². The molecule has 6 nitrogen and oxygen atoms in total. The van der Waals surface area contributed by atoms with E-state index in [9.17, 15) is 14.4 Å². The van der Waals surface area contributed by atoms with Gasteiger partial charge in [0.1, 0.15) is 0 Å². The first kappa shape index (κ1) is 24.7. The van der Waals surface area contributed by atoms with Gasteiger partial charge in [0.15, 0.2) is 6.61 Å². The van der Waals surface area contributed by atoms with Gasteiger partial charge in [0.05, 0.1) is 12.5 Å². The monoisotopic (exact) mass is 458 g/mol. The summed E-state index contributed by atoms with van der Waals surface area (Å²) in [5.74, 6) is -1.26. The topological polar surface area (TPSA) is 84.5 Å². The number of nitrogens with one attached hydrogen (secondary N) is 2. The van der Waals surface area contributed by atoms with Crippen molar-refractivity contribution in [1.29, 1.82) is 0 Å². The molecule has 0 heterocycles. The molecule has 0 saturated carbocycles. The van der Waals surface area contributed by atoms with E-state index in [0.717, 1.165) is 35.2 Å². The van der Waals surface area contributed by atoms with Crippen LogP contribution in [-0.4, -0.2) is 24.4 Å². The van der Waals surface area contributed by atoms with E-state index in [4.69, 9.17) is 4.74 Å². The number of para-hydroxylation sites is 1. The Kier molecular flexibility index (Phi) is 8.97. The summed E-state index contributed by atoms with van der Waals surface area (Å²) in [7, 11) is 0. The van der Waals surface area contributed by atoms with Crippen LogP contribution in [0.5, 0.6) is 0 Å². The van der Waals surface area contributed by atoms with Crippen LogP contribution in [0.3, 0.4) is 0 Å². The number of aryl methyl sites for hydroxylation is 2. The van der Waals surface area contributed by atoms with Crippen molar-refractivity contribution in [3.05, 3.63) is 101 Å². The molecule has 2 amide bonds. The van der Waals surface area contributed by atoms with Crippen molar-refractivity contribution in [1.82, 2.24) is 5.32 Å². The van der Waals surface area contributed by atoms with E-state index in [1.54, 1.807) is 24.3 Å². The Balaban J connectivity index is 1.62. The number of benzene rings is 3. The van der Waals surface area contributed by atoms with Gasteiger partial charge in [0.25, 0.3) is 11.8 Å². The van der Waals surface area contributed by atoms with Crippen LogP contribution >= 0.6 is 0 Å². The lowest BCUT2D eigenvalue weighted by Crippen LogP contribution is -2.31. The highest BCUT2D eigenvalue weighted by Gasteiger charge is 2.21. The van der Waals surface area contributed by atoms with E-state index in [1.807, 2.05) is 68.4 Å². The molecule has 0 aliphatic carbocycles. The van der Waals surface area contributed by atoms with Crippen LogP contribution < -0.4 is 10.6 Å². The molecule has 1 unspecified atom stereocenters. The van der Waals surface area contributed by atoms with Gasteiger partial charge >= 0.3 is 5.97 Å². The molecule has 0 fully saturated rings. The molecule has 2 N–H and O–H groups in total. The Morgan fingerprint density at radius 3 is 1.97 bits per heavy atom. The molecule has 3 rings (SSSR count). The first-order valence-corrected chi connectivity index (χ1v) is 11.5. The van der Waals surface area contributed by atoms with E-state index in [0.29, 0.717) is 5.56 Å². The van der Waals surface area contributed by atoms with Crippen molar-refractivity contribution in [3.8, 4) is 0 Å². The number of esters is 1. The highest BCUT2D eigenvalue weighted by Crippen LogP contribution is 2.23. The fourth-order valence-electron chi connectivity index (χ4n) is 3.72. The molecule has 3 aromatic rings. The molecule has 0 aromatic heterocycles. The number of amides is 2. The van der Waals surface area contributed by atoms with Gasteiger partial charge < -0.3 is 15.4 Å². The molecule has 0 aliphatic rings. The van der Waals surface area contributed by atoms with Gasteiger partial charge in [-0.2, -0.15) is 0 Å². The Hall–Kier alpha value is -3.93. The molecule has 0 aliphatic heterocycles. The number of carbonyl (C=O) groups excluding carboxylic acids is 3. The van der Waals surface area contributed by atoms with Crippen LogP contribution in [0.4, 0.5) is 5.69 Å². The second-order valence-electron chi connectivity index (χ2n) is 7.87. The van der Waals surface area contributed by atoms with Gasteiger partial charge in [0, 0.05) is 11.3 Å². The third-order valence-electron chi connectivity index (χ3n) is 5.54. The number of rotatable bonds is 10. The summed E-state index contributed by atoms with van der Waals surface area (Å²) < 4.78 is 5.26. The maximum atomic E-state index is 12.7. The summed E-state index contributed by atoms with van der Waals surface area (Å²) in [6.07, 6.45) is 1.47. The quantitative estimate of drug-likeness (QED) is 0.425. The fourth-order valence-corrected chi connectivity index (χ4v) is 3.72. The van der Waals surface area contributed by atoms with Crippen molar-refractivity contribution in [2.45, 2.75) is 39.2 Å². The summed E-state index contributed by atoms with van der Waals surface area (Å²) >= 11 is 0. The van der Waals surface area contributed by atoms with E-state index in [-0.39, 0.29) is 12.3 Å². The minimum atomic E-state index is -0.586. The molecule has 0 radical (unpaired) electrons. The van der Waals surface area contributed by atoms with Gasteiger partial charge in [-0.3, -0.25) is 14.4 Å². The summed E-state index contributed by atoms with van der Waals surface area (Å²) in [6, 6.07) is 23.3. The maximum Gasteiger partial charge on any atom is 0.308 e. The summed E-state index contributed by atoms with van der Waals surface area (Å²) in [6.45, 7) is 3.66. The van der Waals surface area contributed by atoms with Crippen LogP contribution in [-0.2, 0) is 27.2 Å². The van der Waals surface area contributed by atoms with Crippen LogP contribution in [0.1, 0.15) is 53.4 Å². The molecule has 0 saturated heterocycles. The molecule has 0 spiro atoms. The number of anilines is 1. The maximum absolute atomic E-state index is 12.7. The molecule has 34 heavy (non-hydrogen) atoms. The van der Waals surface area contributed by atoms with Gasteiger partial charge in [-0.05, 0) is 41.7 Å². The molecule has 3 aromatic carbocycles. The van der Waals surface area contributed by atoms with E-state index < -0.39 is 24.5 Å². The Morgan fingerprint density at radius 2 is 1.38 bits per heavy atom. The van der Waals surface area contributed by atoms with Crippen molar-refractivity contribution < 1.29 is 19.1 Å². The standard InChI is InChI=1S/C28H30N2O4/c1-3-20-16-11-17-21(4-2)27(20)30-25(31)19-34-26(32)18-24(22-12-7-5-8-13-22)29-28(33)23-14-9-6-10-15-23/h5-17,24H,3-4,18-19H2,1-2H3,(H,29,33)(H,30,31). The minimum absolute atomic E-state index is 0.0956. The number of hydrogen-bond donors (Lipinski definition) is 2. The smallest absolute Gasteiger partial charge is 0.308 e. The van der Waals surface area contributed by atoms with Gasteiger partial charge in [-0.15, -0.1) is 0 Å². The molecular formula is C28H30N2O4. The van der Waals surface area contributed by atoms with E-state index >= 15 is 0 Å². The Morgan fingerprint density at radius 1 is 0.794 bits per heavy atom. The lowest BCUT2D eigenvalue weighted by Gasteiger charge is -2.19. The second-order valence-corrected chi connectivity index (χ2v) is 7.87. The molecule has 0 bridgehead atoms. The van der Waals surface area contributed by atoms with Crippen LogP contribution in [0.15, 0.2) is 78.9 Å². The highest BCUT2D eigenvalue weighted by atomic mass is 16.5. The fraction of sp³-hybridized carbons (Fsp3) is 0.250. The van der Waals surface area contributed by atoms with Gasteiger partial charge in [-0.25, -0.2) is 0 Å².